The van der Waals surface area contributed by atoms with Crippen molar-refractivity contribution in [3.63, 3.8) is 0 Å². The van der Waals surface area contributed by atoms with Crippen LogP contribution in [0.4, 0.5) is 0 Å². The maximum Gasteiger partial charge on any atom is 0.193 e. The molecule has 0 spiro atoms. The summed E-state index contributed by atoms with van der Waals surface area (Å²) in [4.78, 5) is 14.3. The molecule has 0 N–H and O–H groups in total. The first kappa shape index (κ1) is 31.7. The SMILES string of the molecule is Cc1cc(-c2ccccc2)c(-c2cccc(-c3cccc(C(=O)c4cc(-c5ccccc5)cc(-c5ccccc5)c4)c3)c2)c(-c2ccccc2)c1. The molecule has 51 heavy (non-hydrogen) atoms. The van der Waals surface area contributed by atoms with E-state index < -0.39 is 0 Å². The Kier molecular flexibility index (Phi) is 8.77. The maximum atomic E-state index is 14.3. The Morgan fingerprint density at radius 1 is 0.314 bits per heavy atom. The highest BCUT2D eigenvalue weighted by molar-refractivity contribution is 6.11. The number of benzene rings is 8. The lowest BCUT2D eigenvalue weighted by molar-refractivity contribution is 0.103. The standard InChI is InChI=1S/C50H36O/c1-35-28-47(38-20-10-4-11-21-38)49(48(29-35)39-22-12-5-13-23-39)42-26-14-24-40(30-42)41-25-15-27-43(31-41)50(51)46-33-44(36-16-6-2-7-17-36)32-45(34-46)37-18-8-3-9-19-37/h2-34H,1H3. The molecule has 8 aromatic rings. The maximum absolute atomic E-state index is 14.3. The van der Waals surface area contributed by atoms with Gasteiger partial charge in [-0.15, -0.1) is 0 Å². The third-order valence-electron chi connectivity index (χ3n) is 9.47. The topological polar surface area (TPSA) is 17.1 Å². The van der Waals surface area contributed by atoms with E-state index >= 15 is 0 Å². The lowest BCUT2D eigenvalue weighted by Crippen LogP contribution is -2.02. The Bertz CT molecular complexity index is 2340. The van der Waals surface area contributed by atoms with Gasteiger partial charge in [0.2, 0.25) is 0 Å². The van der Waals surface area contributed by atoms with Crippen LogP contribution in [0.5, 0.6) is 0 Å². The minimum Gasteiger partial charge on any atom is -0.289 e. The number of ketones is 1. The first-order valence-electron chi connectivity index (χ1n) is 17.4. The molecule has 0 aromatic heterocycles. The Balaban J connectivity index is 1.22. The van der Waals surface area contributed by atoms with Crippen LogP contribution in [0.25, 0.3) is 66.8 Å². The van der Waals surface area contributed by atoms with Crippen LogP contribution in [0.15, 0.2) is 200 Å². The molecular weight excluding hydrogens is 617 g/mol. The monoisotopic (exact) mass is 652 g/mol. The Labute approximate surface area is 300 Å². The van der Waals surface area contributed by atoms with Gasteiger partial charge in [-0.1, -0.05) is 170 Å². The van der Waals surface area contributed by atoms with E-state index in [2.05, 4.69) is 140 Å². The van der Waals surface area contributed by atoms with Crippen LogP contribution >= 0.6 is 0 Å². The van der Waals surface area contributed by atoms with E-state index in [-0.39, 0.29) is 5.78 Å². The third kappa shape index (κ3) is 6.71. The van der Waals surface area contributed by atoms with E-state index in [4.69, 9.17) is 0 Å². The molecule has 1 heteroatoms. The summed E-state index contributed by atoms with van der Waals surface area (Å²) >= 11 is 0. The predicted molar refractivity (Wildman–Crippen MR) is 214 cm³/mol. The van der Waals surface area contributed by atoms with E-state index in [0.29, 0.717) is 11.1 Å². The van der Waals surface area contributed by atoms with Gasteiger partial charge in [-0.25, -0.2) is 0 Å². The summed E-state index contributed by atoms with van der Waals surface area (Å²) in [5.41, 5.74) is 15.9. The van der Waals surface area contributed by atoms with Gasteiger partial charge in [0.25, 0.3) is 0 Å². The van der Waals surface area contributed by atoms with Crippen molar-refractivity contribution in [2.24, 2.45) is 0 Å². The summed E-state index contributed by atoms with van der Waals surface area (Å²) < 4.78 is 0. The predicted octanol–water partition coefficient (Wildman–Crippen LogP) is 13.2. The van der Waals surface area contributed by atoms with Crippen LogP contribution in [0.1, 0.15) is 21.5 Å². The van der Waals surface area contributed by atoms with E-state index in [9.17, 15) is 4.79 Å². The van der Waals surface area contributed by atoms with Crippen LogP contribution in [0, 0.1) is 6.92 Å². The van der Waals surface area contributed by atoms with Gasteiger partial charge in [0.15, 0.2) is 5.78 Å². The molecule has 0 unspecified atom stereocenters. The highest BCUT2D eigenvalue weighted by atomic mass is 16.1. The van der Waals surface area contributed by atoms with Crippen molar-refractivity contribution in [2.75, 3.05) is 0 Å². The van der Waals surface area contributed by atoms with Gasteiger partial charge >= 0.3 is 0 Å². The second-order valence-corrected chi connectivity index (χ2v) is 13.0. The Morgan fingerprint density at radius 2 is 0.686 bits per heavy atom. The number of carbonyl (C=O) groups is 1. The largest absolute Gasteiger partial charge is 0.289 e. The van der Waals surface area contributed by atoms with Gasteiger partial charge < -0.3 is 0 Å². The summed E-state index contributed by atoms with van der Waals surface area (Å²) in [6.45, 7) is 2.17. The smallest absolute Gasteiger partial charge is 0.193 e. The second kappa shape index (κ2) is 14.1. The zero-order chi connectivity index (χ0) is 34.6. The average molecular weight is 653 g/mol. The second-order valence-electron chi connectivity index (χ2n) is 13.0. The lowest BCUT2D eigenvalue weighted by Gasteiger charge is -2.18. The van der Waals surface area contributed by atoms with Gasteiger partial charge in [0, 0.05) is 11.1 Å². The average Bonchev–Trinajstić information content (AvgIpc) is 3.21. The molecule has 8 rings (SSSR count). The van der Waals surface area contributed by atoms with Crippen LogP contribution in [0.3, 0.4) is 0 Å². The molecule has 0 aliphatic carbocycles. The Hall–Kier alpha value is -6.57. The fraction of sp³-hybridized carbons (Fsp3) is 0.0200. The van der Waals surface area contributed by atoms with Crippen LogP contribution in [-0.4, -0.2) is 5.78 Å². The minimum atomic E-state index is -0.000714. The fourth-order valence-corrected chi connectivity index (χ4v) is 7.00. The van der Waals surface area contributed by atoms with Crippen molar-refractivity contribution in [3.05, 3.63) is 217 Å². The lowest BCUT2D eigenvalue weighted by atomic mass is 9.85. The highest BCUT2D eigenvalue weighted by Gasteiger charge is 2.18. The van der Waals surface area contributed by atoms with Gasteiger partial charge in [0.05, 0.1) is 0 Å². The molecule has 0 atom stereocenters. The van der Waals surface area contributed by atoms with Crippen LogP contribution in [-0.2, 0) is 0 Å². The van der Waals surface area contributed by atoms with E-state index in [1.807, 2.05) is 66.7 Å². The molecular formula is C50H36O. The molecule has 0 saturated heterocycles. The number of rotatable bonds is 8. The summed E-state index contributed by atoms with van der Waals surface area (Å²) in [7, 11) is 0. The van der Waals surface area contributed by atoms with E-state index in [0.717, 1.165) is 38.9 Å². The Morgan fingerprint density at radius 3 is 1.20 bits per heavy atom. The summed E-state index contributed by atoms with van der Waals surface area (Å²) in [5, 5.41) is 0. The molecule has 8 aromatic carbocycles. The molecule has 0 radical (unpaired) electrons. The summed E-state index contributed by atoms with van der Waals surface area (Å²) in [5.74, 6) is -0.000714. The molecule has 242 valence electrons. The van der Waals surface area contributed by atoms with Crippen LogP contribution in [0.2, 0.25) is 0 Å². The van der Waals surface area contributed by atoms with Crippen molar-refractivity contribution >= 4 is 5.78 Å². The molecule has 0 amide bonds. The first-order valence-corrected chi connectivity index (χ1v) is 17.4. The van der Waals surface area contributed by atoms with Crippen molar-refractivity contribution in [1.29, 1.82) is 0 Å². The normalized spacial score (nSPS) is 10.9. The molecule has 1 nitrogen and oxygen atoms in total. The first-order chi connectivity index (χ1) is 25.1. The molecule has 0 heterocycles. The van der Waals surface area contributed by atoms with Gasteiger partial charge in [-0.3, -0.25) is 4.79 Å². The molecule has 0 saturated carbocycles. The number of hydrogen-bond acceptors (Lipinski definition) is 1. The molecule has 0 aliphatic heterocycles. The van der Waals surface area contributed by atoms with Gasteiger partial charge in [0.1, 0.15) is 0 Å². The van der Waals surface area contributed by atoms with Crippen molar-refractivity contribution in [1.82, 2.24) is 0 Å². The van der Waals surface area contributed by atoms with Crippen molar-refractivity contribution in [3.8, 4) is 66.8 Å². The van der Waals surface area contributed by atoms with Gasteiger partial charge in [-0.05, 0) is 110 Å². The van der Waals surface area contributed by atoms with Crippen molar-refractivity contribution in [2.45, 2.75) is 6.92 Å². The zero-order valence-corrected chi connectivity index (χ0v) is 28.5. The van der Waals surface area contributed by atoms with Gasteiger partial charge in [-0.2, -0.15) is 0 Å². The summed E-state index contributed by atoms with van der Waals surface area (Å²) in [6, 6.07) is 69.3. The molecule has 0 bridgehead atoms. The number of hydrogen-bond donors (Lipinski definition) is 0. The number of carbonyl (C=O) groups excluding carboxylic acids is 1. The number of aryl methyl sites for hydroxylation is 1. The van der Waals surface area contributed by atoms with Crippen LogP contribution < -0.4 is 0 Å². The highest BCUT2D eigenvalue weighted by Crippen LogP contribution is 2.42. The third-order valence-corrected chi connectivity index (χ3v) is 9.47. The fourth-order valence-electron chi connectivity index (χ4n) is 7.00. The molecule has 0 fully saturated rings. The van der Waals surface area contributed by atoms with E-state index in [1.165, 1.54) is 33.4 Å². The summed E-state index contributed by atoms with van der Waals surface area (Å²) in [6.07, 6.45) is 0. The van der Waals surface area contributed by atoms with E-state index in [1.54, 1.807) is 0 Å². The van der Waals surface area contributed by atoms with Crippen molar-refractivity contribution < 1.29 is 4.79 Å². The minimum absolute atomic E-state index is 0.000714. The molecule has 0 aliphatic rings. The zero-order valence-electron chi connectivity index (χ0n) is 28.5. The quantitative estimate of drug-likeness (QED) is 0.149.